The quantitative estimate of drug-likeness (QED) is 0.669. The molecule has 1 fully saturated rings. The van der Waals surface area contributed by atoms with Crippen molar-refractivity contribution in [3.05, 3.63) is 30.3 Å². The van der Waals surface area contributed by atoms with Crippen LogP contribution in [0.3, 0.4) is 0 Å². The van der Waals surface area contributed by atoms with Crippen LogP contribution in [-0.4, -0.2) is 48.9 Å². The third-order valence-corrected chi connectivity index (χ3v) is 5.84. The number of hydrogen-bond acceptors (Lipinski definition) is 5. The maximum atomic E-state index is 11.9. The van der Waals surface area contributed by atoms with E-state index in [9.17, 15) is 16.8 Å². The number of benzene rings is 1. The lowest BCUT2D eigenvalue weighted by molar-refractivity contribution is -0.0283. The van der Waals surface area contributed by atoms with Gasteiger partial charge < -0.3 is 4.74 Å². The monoisotopic (exact) mass is 334 g/mol. The lowest BCUT2D eigenvalue weighted by Gasteiger charge is -2.25. The van der Waals surface area contributed by atoms with E-state index in [4.69, 9.17) is 4.74 Å². The molecule has 9 heteroatoms. The Balaban J connectivity index is 1.80. The van der Waals surface area contributed by atoms with Crippen LogP contribution in [0.25, 0.3) is 0 Å². The van der Waals surface area contributed by atoms with Crippen LogP contribution in [0, 0.1) is 5.92 Å². The van der Waals surface area contributed by atoms with Crippen LogP contribution < -0.4 is 9.44 Å². The summed E-state index contributed by atoms with van der Waals surface area (Å²) in [5, 5.41) is 0. The second-order valence-corrected chi connectivity index (χ2v) is 8.48. The molecule has 118 valence electrons. The zero-order valence-corrected chi connectivity index (χ0v) is 13.0. The average molecular weight is 334 g/mol. The Morgan fingerprint density at radius 2 is 1.71 bits per heavy atom. The molecule has 1 saturated heterocycles. The molecule has 0 atom stereocenters. The van der Waals surface area contributed by atoms with E-state index in [0.29, 0.717) is 19.8 Å². The zero-order valence-electron chi connectivity index (χ0n) is 11.4. The minimum atomic E-state index is -3.67. The Morgan fingerprint density at radius 1 is 1.05 bits per heavy atom. The van der Waals surface area contributed by atoms with Crippen LogP contribution in [0.1, 0.15) is 0 Å². The van der Waals surface area contributed by atoms with Crippen molar-refractivity contribution in [1.29, 1.82) is 0 Å². The normalized spacial score (nSPS) is 16.6. The predicted octanol–water partition coefficient (Wildman–Crippen LogP) is -0.469. The van der Waals surface area contributed by atoms with Crippen LogP contribution in [0.4, 0.5) is 0 Å². The molecule has 0 amide bonds. The first kappa shape index (κ1) is 16.4. The van der Waals surface area contributed by atoms with Gasteiger partial charge in [0.2, 0.25) is 20.0 Å². The lowest BCUT2D eigenvalue weighted by atomic mass is 10.1. The third-order valence-electron chi connectivity index (χ3n) is 3.02. The lowest BCUT2D eigenvalue weighted by Crippen LogP contribution is -2.41. The molecule has 1 aromatic carbocycles. The highest BCUT2D eigenvalue weighted by Crippen LogP contribution is 2.08. The molecule has 0 aliphatic carbocycles. The van der Waals surface area contributed by atoms with Gasteiger partial charge in [0.1, 0.15) is 0 Å². The van der Waals surface area contributed by atoms with E-state index in [-0.39, 0.29) is 23.1 Å². The molecular formula is C12H18N2O5S2. The smallest absolute Gasteiger partial charge is 0.240 e. The van der Waals surface area contributed by atoms with Crippen molar-refractivity contribution >= 4 is 20.0 Å². The largest absolute Gasteiger partial charge is 0.381 e. The molecule has 2 rings (SSSR count). The standard InChI is InChI=1S/C12H18N2O5S2/c15-20(16,14-8-11-9-19-10-11)7-6-13-21(17,18)12-4-2-1-3-5-12/h1-5,11,13-14H,6-10H2. The summed E-state index contributed by atoms with van der Waals surface area (Å²) >= 11 is 0. The maximum Gasteiger partial charge on any atom is 0.240 e. The van der Waals surface area contributed by atoms with Gasteiger partial charge in [0.25, 0.3) is 0 Å². The Kier molecular flexibility index (Phi) is 5.33. The van der Waals surface area contributed by atoms with Gasteiger partial charge in [0.05, 0.1) is 23.9 Å². The summed E-state index contributed by atoms with van der Waals surface area (Å²) in [6.07, 6.45) is 0. The summed E-state index contributed by atoms with van der Waals surface area (Å²) in [5.74, 6) is -0.0899. The molecule has 1 aliphatic heterocycles. The SMILES string of the molecule is O=S(=O)(CCNS(=O)(=O)c1ccccc1)NCC1COC1. The summed E-state index contributed by atoms with van der Waals surface area (Å²) in [6, 6.07) is 7.82. The second kappa shape index (κ2) is 6.84. The van der Waals surface area contributed by atoms with Gasteiger partial charge in [-0.25, -0.2) is 26.3 Å². The summed E-state index contributed by atoms with van der Waals surface area (Å²) in [6.45, 7) is 1.27. The van der Waals surface area contributed by atoms with Crippen molar-refractivity contribution in [2.24, 2.45) is 5.92 Å². The van der Waals surface area contributed by atoms with Crippen molar-refractivity contribution in [2.45, 2.75) is 4.90 Å². The van der Waals surface area contributed by atoms with E-state index in [1.54, 1.807) is 18.2 Å². The topological polar surface area (TPSA) is 102 Å². The van der Waals surface area contributed by atoms with Crippen LogP contribution in [0.2, 0.25) is 0 Å². The molecule has 0 spiro atoms. The maximum absolute atomic E-state index is 11.9. The highest BCUT2D eigenvalue weighted by Gasteiger charge is 2.21. The number of nitrogens with one attached hydrogen (secondary N) is 2. The van der Waals surface area contributed by atoms with Gasteiger partial charge in [0.15, 0.2) is 0 Å². The first-order chi connectivity index (χ1) is 9.89. The van der Waals surface area contributed by atoms with E-state index < -0.39 is 20.0 Å². The first-order valence-electron chi connectivity index (χ1n) is 6.49. The van der Waals surface area contributed by atoms with Crippen molar-refractivity contribution in [3.63, 3.8) is 0 Å². The van der Waals surface area contributed by atoms with E-state index in [1.807, 2.05) is 0 Å². The average Bonchev–Trinajstić information content (AvgIpc) is 2.37. The van der Waals surface area contributed by atoms with E-state index in [2.05, 4.69) is 9.44 Å². The van der Waals surface area contributed by atoms with Gasteiger partial charge >= 0.3 is 0 Å². The van der Waals surface area contributed by atoms with E-state index in [1.165, 1.54) is 12.1 Å². The Hall–Kier alpha value is -1.00. The van der Waals surface area contributed by atoms with Crippen LogP contribution in [0.5, 0.6) is 0 Å². The van der Waals surface area contributed by atoms with E-state index >= 15 is 0 Å². The molecule has 21 heavy (non-hydrogen) atoms. The molecule has 0 saturated carbocycles. The highest BCUT2D eigenvalue weighted by atomic mass is 32.2. The number of hydrogen-bond donors (Lipinski definition) is 2. The zero-order chi connectivity index (χ0) is 15.3. The van der Waals surface area contributed by atoms with Gasteiger partial charge in [-0.05, 0) is 12.1 Å². The fraction of sp³-hybridized carbons (Fsp3) is 0.500. The fourth-order valence-corrected chi connectivity index (χ4v) is 3.90. The molecule has 0 bridgehead atoms. The van der Waals surface area contributed by atoms with Gasteiger partial charge in [-0.15, -0.1) is 0 Å². The molecule has 1 aromatic rings. The number of sulfonamides is 2. The molecule has 0 unspecified atom stereocenters. The molecule has 7 nitrogen and oxygen atoms in total. The van der Waals surface area contributed by atoms with Crippen molar-refractivity contribution in [1.82, 2.24) is 9.44 Å². The molecule has 0 radical (unpaired) electrons. The summed E-state index contributed by atoms with van der Waals surface area (Å²) in [4.78, 5) is 0.113. The molecule has 2 N–H and O–H groups in total. The van der Waals surface area contributed by atoms with Gasteiger partial charge in [-0.1, -0.05) is 18.2 Å². The first-order valence-corrected chi connectivity index (χ1v) is 9.62. The Labute approximate surface area is 124 Å². The highest BCUT2D eigenvalue weighted by molar-refractivity contribution is 7.90. The Bertz CT molecular complexity index is 654. The van der Waals surface area contributed by atoms with Crippen LogP contribution >= 0.6 is 0 Å². The predicted molar refractivity (Wildman–Crippen MR) is 77.7 cm³/mol. The summed E-state index contributed by atoms with van der Waals surface area (Å²) in [7, 11) is -7.16. The summed E-state index contributed by atoms with van der Waals surface area (Å²) < 4.78 is 56.9. The number of ether oxygens (including phenoxy) is 1. The van der Waals surface area contributed by atoms with Gasteiger partial charge in [-0.2, -0.15) is 0 Å². The molecule has 1 aliphatic rings. The second-order valence-electron chi connectivity index (χ2n) is 4.78. The Morgan fingerprint density at radius 3 is 2.29 bits per heavy atom. The van der Waals surface area contributed by atoms with Crippen molar-refractivity contribution in [2.75, 3.05) is 32.1 Å². The van der Waals surface area contributed by atoms with E-state index in [0.717, 1.165) is 0 Å². The third kappa shape index (κ3) is 5.04. The number of rotatable bonds is 8. The minimum absolute atomic E-state index is 0.113. The van der Waals surface area contributed by atoms with Crippen molar-refractivity contribution in [3.8, 4) is 0 Å². The molecule has 1 heterocycles. The van der Waals surface area contributed by atoms with Crippen molar-refractivity contribution < 1.29 is 21.6 Å². The summed E-state index contributed by atoms with van der Waals surface area (Å²) in [5.41, 5.74) is 0. The van der Waals surface area contributed by atoms with Gasteiger partial charge in [-0.3, -0.25) is 0 Å². The molecule has 0 aromatic heterocycles. The molecular weight excluding hydrogens is 316 g/mol. The van der Waals surface area contributed by atoms with Crippen LogP contribution in [-0.2, 0) is 24.8 Å². The van der Waals surface area contributed by atoms with Crippen LogP contribution in [0.15, 0.2) is 35.2 Å². The minimum Gasteiger partial charge on any atom is -0.381 e. The van der Waals surface area contributed by atoms with Gasteiger partial charge in [0, 0.05) is 19.0 Å². The fourth-order valence-electron chi connectivity index (χ4n) is 1.71.